The molecular formula is C15H32N2O. The van der Waals surface area contributed by atoms with Gasteiger partial charge in [-0.2, -0.15) is 0 Å². The van der Waals surface area contributed by atoms with Crippen LogP contribution in [0.2, 0.25) is 0 Å². The van der Waals surface area contributed by atoms with E-state index in [0.717, 1.165) is 26.3 Å². The zero-order valence-corrected chi connectivity index (χ0v) is 12.8. The standard InChI is InChI=1S/C15H32N2O/c1-5-6-11-18-12-10-17-9-7-8-14(17)13-16-15(2,3)4/h14,16H,5-13H2,1-4H3. The van der Waals surface area contributed by atoms with Crippen LogP contribution in [-0.2, 0) is 4.74 Å². The molecule has 0 aromatic heterocycles. The molecule has 108 valence electrons. The summed E-state index contributed by atoms with van der Waals surface area (Å²) in [6.07, 6.45) is 5.08. The van der Waals surface area contributed by atoms with Crippen LogP contribution >= 0.6 is 0 Å². The Morgan fingerprint density at radius 1 is 1.28 bits per heavy atom. The third-order valence-corrected chi connectivity index (χ3v) is 3.53. The molecule has 0 spiro atoms. The van der Waals surface area contributed by atoms with Gasteiger partial charge in [0, 0.05) is 31.3 Å². The molecule has 18 heavy (non-hydrogen) atoms. The van der Waals surface area contributed by atoms with Crippen LogP contribution in [0.25, 0.3) is 0 Å². The van der Waals surface area contributed by atoms with E-state index in [4.69, 9.17) is 4.74 Å². The zero-order chi connectivity index (χ0) is 13.4. The molecule has 1 rings (SSSR count). The third kappa shape index (κ3) is 6.72. The van der Waals surface area contributed by atoms with Crippen LogP contribution in [0.4, 0.5) is 0 Å². The second kappa shape index (κ2) is 8.13. The highest BCUT2D eigenvalue weighted by atomic mass is 16.5. The lowest BCUT2D eigenvalue weighted by atomic mass is 10.1. The summed E-state index contributed by atoms with van der Waals surface area (Å²) in [6, 6.07) is 0.707. The van der Waals surface area contributed by atoms with Gasteiger partial charge in [0.1, 0.15) is 0 Å². The second-order valence-corrected chi connectivity index (χ2v) is 6.43. The number of rotatable bonds is 8. The first-order valence-corrected chi connectivity index (χ1v) is 7.60. The van der Waals surface area contributed by atoms with Crippen molar-refractivity contribution in [3.05, 3.63) is 0 Å². The maximum absolute atomic E-state index is 5.67. The molecule has 1 atom stereocenters. The quantitative estimate of drug-likeness (QED) is 0.676. The molecule has 1 N–H and O–H groups in total. The van der Waals surface area contributed by atoms with Crippen LogP contribution in [0.15, 0.2) is 0 Å². The lowest BCUT2D eigenvalue weighted by Crippen LogP contribution is -2.45. The van der Waals surface area contributed by atoms with Crippen molar-refractivity contribution in [1.82, 2.24) is 10.2 Å². The van der Waals surface area contributed by atoms with Gasteiger partial charge >= 0.3 is 0 Å². The molecule has 1 fully saturated rings. The van der Waals surface area contributed by atoms with E-state index in [0.29, 0.717) is 6.04 Å². The Labute approximate surface area is 113 Å². The summed E-state index contributed by atoms with van der Waals surface area (Å²) in [4.78, 5) is 2.59. The first-order chi connectivity index (χ1) is 8.53. The average Bonchev–Trinajstić information content (AvgIpc) is 2.73. The van der Waals surface area contributed by atoms with E-state index in [-0.39, 0.29) is 5.54 Å². The number of nitrogens with one attached hydrogen (secondary N) is 1. The van der Waals surface area contributed by atoms with Crippen LogP contribution in [0.1, 0.15) is 53.4 Å². The van der Waals surface area contributed by atoms with Gasteiger partial charge in [0.05, 0.1) is 6.61 Å². The maximum atomic E-state index is 5.67. The van der Waals surface area contributed by atoms with Crippen molar-refractivity contribution >= 4 is 0 Å². The fraction of sp³-hybridized carbons (Fsp3) is 1.00. The number of hydrogen-bond acceptors (Lipinski definition) is 3. The van der Waals surface area contributed by atoms with Gasteiger partial charge in [-0.05, 0) is 46.6 Å². The van der Waals surface area contributed by atoms with E-state index < -0.39 is 0 Å². The SMILES string of the molecule is CCCCOCCN1CCCC1CNC(C)(C)C. The van der Waals surface area contributed by atoms with E-state index in [2.05, 4.69) is 37.9 Å². The molecule has 1 aliphatic rings. The van der Waals surface area contributed by atoms with Crippen LogP contribution < -0.4 is 5.32 Å². The van der Waals surface area contributed by atoms with Gasteiger partial charge < -0.3 is 10.1 Å². The summed E-state index contributed by atoms with van der Waals surface area (Å²) in [5, 5.41) is 3.62. The van der Waals surface area contributed by atoms with E-state index in [1.807, 2.05) is 0 Å². The van der Waals surface area contributed by atoms with Crippen molar-refractivity contribution in [3.63, 3.8) is 0 Å². The molecule has 0 bridgehead atoms. The minimum absolute atomic E-state index is 0.228. The monoisotopic (exact) mass is 256 g/mol. The van der Waals surface area contributed by atoms with Crippen molar-refractivity contribution in [2.75, 3.05) is 32.8 Å². The molecule has 0 radical (unpaired) electrons. The predicted molar refractivity (Wildman–Crippen MR) is 78.1 cm³/mol. The molecule has 1 aliphatic heterocycles. The minimum atomic E-state index is 0.228. The van der Waals surface area contributed by atoms with E-state index in [1.165, 1.54) is 32.2 Å². The highest BCUT2D eigenvalue weighted by Gasteiger charge is 2.25. The molecule has 0 aromatic rings. The smallest absolute Gasteiger partial charge is 0.0593 e. The molecule has 3 nitrogen and oxygen atoms in total. The molecule has 0 amide bonds. The molecule has 1 unspecified atom stereocenters. The number of unbranched alkanes of at least 4 members (excludes halogenated alkanes) is 1. The van der Waals surface area contributed by atoms with Crippen molar-refractivity contribution < 1.29 is 4.74 Å². The normalized spacial score (nSPS) is 21.7. The molecule has 0 saturated carbocycles. The van der Waals surface area contributed by atoms with E-state index in [9.17, 15) is 0 Å². The first kappa shape index (κ1) is 15.9. The van der Waals surface area contributed by atoms with Gasteiger partial charge in [0.15, 0.2) is 0 Å². The summed E-state index contributed by atoms with van der Waals surface area (Å²) in [5.74, 6) is 0. The van der Waals surface area contributed by atoms with E-state index >= 15 is 0 Å². The molecule has 0 aromatic carbocycles. The summed E-state index contributed by atoms with van der Waals surface area (Å²) >= 11 is 0. The van der Waals surface area contributed by atoms with E-state index in [1.54, 1.807) is 0 Å². The average molecular weight is 256 g/mol. The Balaban J connectivity index is 2.15. The van der Waals surface area contributed by atoms with Gasteiger partial charge in [0.25, 0.3) is 0 Å². The number of ether oxygens (including phenoxy) is 1. The Morgan fingerprint density at radius 3 is 2.72 bits per heavy atom. The van der Waals surface area contributed by atoms with Gasteiger partial charge in [-0.1, -0.05) is 13.3 Å². The number of likely N-dealkylation sites (tertiary alicyclic amines) is 1. The highest BCUT2D eigenvalue weighted by molar-refractivity contribution is 4.83. The minimum Gasteiger partial charge on any atom is -0.380 e. The van der Waals surface area contributed by atoms with Gasteiger partial charge in [-0.15, -0.1) is 0 Å². The first-order valence-electron chi connectivity index (χ1n) is 7.60. The Bertz CT molecular complexity index is 213. The van der Waals surface area contributed by atoms with Crippen molar-refractivity contribution in [3.8, 4) is 0 Å². The summed E-state index contributed by atoms with van der Waals surface area (Å²) in [7, 11) is 0. The van der Waals surface area contributed by atoms with Crippen molar-refractivity contribution in [2.45, 2.75) is 65.0 Å². The molecule has 1 heterocycles. The largest absolute Gasteiger partial charge is 0.380 e. The lowest BCUT2D eigenvalue weighted by Gasteiger charge is -2.28. The Hall–Kier alpha value is -0.120. The topological polar surface area (TPSA) is 24.5 Å². The van der Waals surface area contributed by atoms with Crippen LogP contribution in [0, 0.1) is 0 Å². The van der Waals surface area contributed by atoms with Crippen molar-refractivity contribution in [2.24, 2.45) is 0 Å². The molecular weight excluding hydrogens is 224 g/mol. The lowest BCUT2D eigenvalue weighted by molar-refractivity contribution is 0.0961. The van der Waals surface area contributed by atoms with Gasteiger partial charge in [0.2, 0.25) is 0 Å². The van der Waals surface area contributed by atoms with Crippen molar-refractivity contribution in [1.29, 1.82) is 0 Å². The Kier molecular flexibility index (Phi) is 7.20. The maximum Gasteiger partial charge on any atom is 0.0593 e. The second-order valence-electron chi connectivity index (χ2n) is 6.43. The summed E-state index contributed by atoms with van der Waals surface area (Å²) < 4.78 is 5.67. The number of hydrogen-bond donors (Lipinski definition) is 1. The van der Waals surface area contributed by atoms with Crippen LogP contribution in [0.3, 0.4) is 0 Å². The highest BCUT2D eigenvalue weighted by Crippen LogP contribution is 2.16. The Morgan fingerprint density at radius 2 is 2.06 bits per heavy atom. The molecule has 0 aliphatic carbocycles. The molecule has 3 heteroatoms. The fourth-order valence-corrected chi connectivity index (χ4v) is 2.37. The summed E-state index contributed by atoms with van der Waals surface area (Å²) in [6.45, 7) is 14.2. The van der Waals surface area contributed by atoms with Crippen LogP contribution in [0.5, 0.6) is 0 Å². The predicted octanol–water partition coefficient (Wildman–Crippen LogP) is 2.66. The van der Waals surface area contributed by atoms with Gasteiger partial charge in [-0.25, -0.2) is 0 Å². The third-order valence-electron chi connectivity index (χ3n) is 3.53. The molecule has 1 saturated heterocycles. The number of nitrogens with zero attached hydrogens (tertiary/aromatic N) is 1. The fourth-order valence-electron chi connectivity index (χ4n) is 2.37. The van der Waals surface area contributed by atoms with Crippen LogP contribution in [-0.4, -0.2) is 49.3 Å². The summed E-state index contributed by atoms with van der Waals surface area (Å²) in [5.41, 5.74) is 0.228. The van der Waals surface area contributed by atoms with Gasteiger partial charge in [-0.3, -0.25) is 4.90 Å². The zero-order valence-electron chi connectivity index (χ0n) is 12.8.